The van der Waals surface area contributed by atoms with Crippen LogP contribution in [0, 0.1) is 17.8 Å². The topological polar surface area (TPSA) is 15.3 Å². The van der Waals surface area contributed by atoms with Crippen LogP contribution in [0.2, 0.25) is 0 Å². The normalized spacial score (nSPS) is 30.1. The van der Waals surface area contributed by atoms with E-state index in [9.17, 15) is 0 Å². The Morgan fingerprint density at radius 3 is 2.75 bits per heavy atom. The number of rotatable bonds is 6. The van der Waals surface area contributed by atoms with Gasteiger partial charge in [-0.15, -0.1) is 0 Å². The fraction of sp³-hybridized carbons (Fsp3) is 0.889. The molecule has 2 rings (SSSR count). The molecule has 1 heterocycles. The van der Waals surface area contributed by atoms with E-state index in [0.717, 1.165) is 17.8 Å². The van der Waals surface area contributed by atoms with Crippen LogP contribution in [0.25, 0.3) is 0 Å². The number of likely N-dealkylation sites (tertiary alicyclic amines) is 1. The number of allylic oxidation sites excluding steroid dienone is 2. The lowest BCUT2D eigenvalue weighted by molar-refractivity contribution is 0.198. The van der Waals surface area contributed by atoms with Gasteiger partial charge in [-0.1, -0.05) is 31.9 Å². The fourth-order valence-electron chi connectivity index (χ4n) is 4.02. The number of nitrogens with one attached hydrogen (secondary N) is 1. The van der Waals surface area contributed by atoms with E-state index in [0.29, 0.717) is 0 Å². The molecule has 20 heavy (non-hydrogen) atoms. The Morgan fingerprint density at radius 1 is 1.30 bits per heavy atom. The zero-order valence-corrected chi connectivity index (χ0v) is 13.8. The minimum absolute atomic E-state index is 0.779. The summed E-state index contributed by atoms with van der Waals surface area (Å²) < 4.78 is 0. The molecule has 0 saturated carbocycles. The molecule has 2 aliphatic rings. The molecule has 0 aromatic carbocycles. The Labute approximate surface area is 126 Å². The predicted octanol–water partition coefficient (Wildman–Crippen LogP) is 3.69. The number of piperidine rings is 1. The highest BCUT2D eigenvalue weighted by atomic mass is 15.1. The van der Waals surface area contributed by atoms with Gasteiger partial charge in [-0.05, 0) is 76.5 Å². The molecule has 1 saturated heterocycles. The quantitative estimate of drug-likeness (QED) is 0.745. The first-order valence-corrected chi connectivity index (χ1v) is 8.74. The highest BCUT2D eigenvalue weighted by Gasteiger charge is 2.18. The lowest BCUT2D eigenvalue weighted by atomic mass is 9.83. The smallest absolute Gasteiger partial charge is 0.00191 e. The van der Waals surface area contributed by atoms with Gasteiger partial charge in [-0.2, -0.15) is 0 Å². The maximum absolute atomic E-state index is 3.73. The average molecular weight is 278 g/mol. The molecule has 2 nitrogen and oxygen atoms in total. The van der Waals surface area contributed by atoms with E-state index >= 15 is 0 Å². The molecule has 0 aromatic heterocycles. The second-order valence-electron chi connectivity index (χ2n) is 7.42. The van der Waals surface area contributed by atoms with Crippen LogP contribution < -0.4 is 5.32 Å². The molecule has 1 aliphatic carbocycles. The maximum atomic E-state index is 3.73. The van der Waals surface area contributed by atoms with E-state index in [2.05, 4.69) is 37.1 Å². The number of hydrogen-bond donors (Lipinski definition) is 1. The second kappa shape index (κ2) is 8.19. The van der Waals surface area contributed by atoms with E-state index in [1.54, 1.807) is 5.57 Å². The lowest BCUT2D eigenvalue weighted by Crippen LogP contribution is -2.37. The zero-order valence-electron chi connectivity index (χ0n) is 13.8. The first-order chi connectivity index (χ1) is 9.63. The van der Waals surface area contributed by atoms with Crippen molar-refractivity contribution in [3.05, 3.63) is 11.6 Å². The highest BCUT2D eigenvalue weighted by Crippen LogP contribution is 2.27. The minimum atomic E-state index is 0.779. The molecular weight excluding hydrogens is 244 g/mol. The monoisotopic (exact) mass is 278 g/mol. The molecule has 0 aromatic rings. The molecule has 0 spiro atoms. The van der Waals surface area contributed by atoms with Crippen LogP contribution in [0.15, 0.2) is 11.6 Å². The zero-order chi connectivity index (χ0) is 14.4. The van der Waals surface area contributed by atoms with Crippen LogP contribution in [0.3, 0.4) is 0 Å². The SMILES string of the molecule is CC1=CC(C)CC(CNCC(C)CN2CCCCC2)C1. The number of hydrogen-bond acceptors (Lipinski definition) is 2. The first kappa shape index (κ1) is 16.0. The van der Waals surface area contributed by atoms with Gasteiger partial charge in [0, 0.05) is 6.54 Å². The molecule has 3 unspecified atom stereocenters. The van der Waals surface area contributed by atoms with Gasteiger partial charge in [0.2, 0.25) is 0 Å². The van der Waals surface area contributed by atoms with E-state index in [-0.39, 0.29) is 0 Å². The maximum Gasteiger partial charge on any atom is 0.00191 e. The van der Waals surface area contributed by atoms with Crippen LogP contribution in [0.5, 0.6) is 0 Å². The van der Waals surface area contributed by atoms with Gasteiger partial charge in [-0.25, -0.2) is 0 Å². The Morgan fingerprint density at radius 2 is 2.05 bits per heavy atom. The molecule has 3 atom stereocenters. The third-order valence-corrected chi connectivity index (χ3v) is 4.83. The molecule has 0 bridgehead atoms. The number of nitrogens with zero attached hydrogens (tertiary/aromatic N) is 1. The van der Waals surface area contributed by atoms with Crippen molar-refractivity contribution in [1.29, 1.82) is 0 Å². The summed E-state index contributed by atoms with van der Waals surface area (Å²) >= 11 is 0. The third-order valence-electron chi connectivity index (χ3n) is 4.83. The Bertz CT molecular complexity index is 305. The van der Waals surface area contributed by atoms with Crippen molar-refractivity contribution < 1.29 is 0 Å². The van der Waals surface area contributed by atoms with Crippen molar-refractivity contribution in [1.82, 2.24) is 10.2 Å². The summed E-state index contributed by atoms with van der Waals surface area (Å²) in [5.41, 5.74) is 1.59. The summed E-state index contributed by atoms with van der Waals surface area (Å²) in [5.74, 6) is 2.42. The van der Waals surface area contributed by atoms with Gasteiger partial charge in [0.05, 0.1) is 0 Å². The van der Waals surface area contributed by atoms with Crippen molar-refractivity contribution in [3.63, 3.8) is 0 Å². The van der Waals surface area contributed by atoms with Crippen LogP contribution in [0.1, 0.15) is 52.9 Å². The van der Waals surface area contributed by atoms with E-state index in [1.807, 2.05) is 0 Å². The summed E-state index contributed by atoms with van der Waals surface area (Å²) in [5, 5.41) is 3.73. The molecule has 1 fully saturated rings. The first-order valence-electron chi connectivity index (χ1n) is 8.74. The van der Waals surface area contributed by atoms with Crippen molar-refractivity contribution in [3.8, 4) is 0 Å². The summed E-state index contributed by atoms with van der Waals surface area (Å²) in [7, 11) is 0. The van der Waals surface area contributed by atoms with Crippen LogP contribution in [0.4, 0.5) is 0 Å². The Kier molecular flexibility index (Phi) is 6.57. The van der Waals surface area contributed by atoms with Crippen LogP contribution in [-0.4, -0.2) is 37.6 Å². The molecule has 1 N–H and O–H groups in total. The summed E-state index contributed by atoms with van der Waals surface area (Å²) in [6.45, 7) is 13.4. The van der Waals surface area contributed by atoms with Gasteiger partial charge in [-0.3, -0.25) is 0 Å². The molecule has 0 radical (unpaired) electrons. The Balaban J connectivity index is 1.59. The van der Waals surface area contributed by atoms with Gasteiger partial charge in [0.25, 0.3) is 0 Å². The largest absolute Gasteiger partial charge is 0.316 e. The van der Waals surface area contributed by atoms with Crippen molar-refractivity contribution >= 4 is 0 Å². The van der Waals surface area contributed by atoms with Gasteiger partial charge < -0.3 is 10.2 Å². The van der Waals surface area contributed by atoms with E-state index < -0.39 is 0 Å². The predicted molar refractivity (Wildman–Crippen MR) is 88.0 cm³/mol. The second-order valence-corrected chi connectivity index (χ2v) is 7.42. The molecule has 1 aliphatic heterocycles. The Hall–Kier alpha value is -0.340. The van der Waals surface area contributed by atoms with Gasteiger partial charge in [0.1, 0.15) is 0 Å². The average Bonchev–Trinajstić information content (AvgIpc) is 2.38. The molecule has 116 valence electrons. The van der Waals surface area contributed by atoms with Crippen molar-refractivity contribution in [2.45, 2.75) is 52.9 Å². The molecule has 0 amide bonds. The third kappa shape index (κ3) is 5.57. The van der Waals surface area contributed by atoms with Gasteiger partial charge >= 0.3 is 0 Å². The fourth-order valence-corrected chi connectivity index (χ4v) is 4.02. The van der Waals surface area contributed by atoms with Gasteiger partial charge in [0.15, 0.2) is 0 Å². The van der Waals surface area contributed by atoms with Crippen molar-refractivity contribution in [2.75, 3.05) is 32.7 Å². The van der Waals surface area contributed by atoms with E-state index in [4.69, 9.17) is 0 Å². The van der Waals surface area contributed by atoms with Crippen molar-refractivity contribution in [2.24, 2.45) is 17.8 Å². The summed E-state index contributed by atoms with van der Waals surface area (Å²) in [4.78, 5) is 2.66. The standard InChI is InChI=1S/C18H34N2/c1-15-9-16(2)11-18(10-15)13-19-12-17(3)14-20-7-5-4-6-8-20/h9,15,17-19H,4-8,10-14H2,1-3H3. The summed E-state index contributed by atoms with van der Waals surface area (Å²) in [6.07, 6.45) is 9.38. The lowest BCUT2D eigenvalue weighted by Gasteiger charge is -2.30. The molecular formula is C18H34N2. The van der Waals surface area contributed by atoms with Crippen LogP contribution >= 0.6 is 0 Å². The highest BCUT2D eigenvalue weighted by molar-refractivity contribution is 5.06. The molecule has 2 heteroatoms. The van der Waals surface area contributed by atoms with Crippen LogP contribution in [-0.2, 0) is 0 Å². The minimum Gasteiger partial charge on any atom is -0.316 e. The summed E-state index contributed by atoms with van der Waals surface area (Å²) in [6, 6.07) is 0. The van der Waals surface area contributed by atoms with E-state index in [1.165, 1.54) is 64.8 Å².